The number of fused-ring (bicyclic) bond motifs is 1. The second-order valence-corrected chi connectivity index (χ2v) is 5.62. The molecule has 0 saturated carbocycles. The number of benzene rings is 1. The topological polar surface area (TPSA) is 62.2 Å². The van der Waals surface area contributed by atoms with Crippen LogP contribution in [0.1, 0.15) is 22.9 Å². The summed E-state index contributed by atoms with van der Waals surface area (Å²) in [6.45, 7) is 0. The molecule has 104 valence electrons. The number of carboxylic acid groups (broad SMARTS) is 1. The van der Waals surface area contributed by atoms with Gasteiger partial charge in [0.15, 0.2) is 5.13 Å². The van der Waals surface area contributed by atoms with Crippen LogP contribution in [0.4, 0.5) is 19.6 Å². The number of rotatable bonds is 3. The lowest BCUT2D eigenvalue weighted by molar-refractivity contribution is -0.138. The normalized spacial score (nSPS) is 17.0. The van der Waals surface area contributed by atoms with Crippen LogP contribution in [0.3, 0.4) is 0 Å². The van der Waals surface area contributed by atoms with Gasteiger partial charge in [-0.05, 0) is 25.0 Å². The number of hydrogen-bond donors (Lipinski definition) is 2. The van der Waals surface area contributed by atoms with Crippen molar-refractivity contribution >= 4 is 28.1 Å². The number of aryl methyl sites for hydroxylation is 1. The Hall–Kier alpha value is -2.02. The van der Waals surface area contributed by atoms with Gasteiger partial charge >= 0.3 is 5.97 Å². The Labute approximate surface area is 117 Å². The standard InChI is InChI=1S/C13H10F2N2O2S/c14-6-3-7(15)5-8(4-6)16-13-17-11-9(12(18)19)1-2-10(11)20-13/h3-5,9H,1-2H2,(H,16,17)(H,18,19). The van der Waals surface area contributed by atoms with E-state index in [4.69, 9.17) is 5.11 Å². The zero-order valence-corrected chi connectivity index (χ0v) is 11.0. The van der Waals surface area contributed by atoms with E-state index in [1.807, 2.05) is 0 Å². The fraction of sp³-hybridized carbons (Fsp3) is 0.231. The maximum Gasteiger partial charge on any atom is 0.312 e. The molecule has 2 N–H and O–H groups in total. The van der Waals surface area contributed by atoms with Crippen molar-refractivity contribution in [3.8, 4) is 0 Å². The summed E-state index contributed by atoms with van der Waals surface area (Å²) in [5.41, 5.74) is 0.809. The van der Waals surface area contributed by atoms with E-state index in [2.05, 4.69) is 10.3 Å². The molecule has 3 rings (SSSR count). The van der Waals surface area contributed by atoms with Crippen LogP contribution >= 0.6 is 11.3 Å². The van der Waals surface area contributed by atoms with E-state index in [0.717, 1.165) is 23.1 Å². The minimum absolute atomic E-state index is 0.252. The molecule has 20 heavy (non-hydrogen) atoms. The second-order valence-electron chi connectivity index (χ2n) is 4.54. The van der Waals surface area contributed by atoms with Crippen molar-refractivity contribution in [1.29, 1.82) is 0 Å². The van der Waals surface area contributed by atoms with Crippen molar-refractivity contribution in [3.63, 3.8) is 0 Å². The first kappa shape index (κ1) is 13.0. The van der Waals surface area contributed by atoms with Crippen LogP contribution in [-0.4, -0.2) is 16.1 Å². The van der Waals surface area contributed by atoms with E-state index >= 15 is 0 Å². The number of aliphatic carboxylic acids is 1. The molecular formula is C13H10F2N2O2S. The molecular weight excluding hydrogens is 286 g/mol. The number of nitrogens with one attached hydrogen (secondary N) is 1. The summed E-state index contributed by atoms with van der Waals surface area (Å²) in [6, 6.07) is 3.10. The third kappa shape index (κ3) is 2.36. The minimum atomic E-state index is -0.891. The first-order valence-electron chi connectivity index (χ1n) is 5.98. The van der Waals surface area contributed by atoms with E-state index in [1.165, 1.54) is 11.3 Å². The van der Waals surface area contributed by atoms with Crippen molar-refractivity contribution in [2.24, 2.45) is 0 Å². The average molecular weight is 296 g/mol. The molecule has 0 spiro atoms. The molecule has 1 unspecified atom stereocenters. The summed E-state index contributed by atoms with van der Waals surface area (Å²) < 4.78 is 26.2. The van der Waals surface area contributed by atoms with Crippen molar-refractivity contribution in [2.75, 3.05) is 5.32 Å². The molecule has 1 atom stereocenters. The van der Waals surface area contributed by atoms with Gasteiger partial charge in [0.2, 0.25) is 0 Å². The first-order chi connectivity index (χ1) is 9.52. The number of carboxylic acids is 1. The molecule has 2 aromatic rings. The summed E-state index contributed by atoms with van der Waals surface area (Å²) in [6.07, 6.45) is 1.22. The van der Waals surface area contributed by atoms with E-state index in [1.54, 1.807) is 0 Å². The highest BCUT2D eigenvalue weighted by Crippen LogP contribution is 2.39. The molecule has 0 amide bonds. The average Bonchev–Trinajstić information content (AvgIpc) is 2.85. The van der Waals surface area contributed by atoms with E-state index in [-0.39, 0.29) is 5.69 Å². The Morgan fingerprint density at radius 3 is 2.70 bits per heavy atom. The molecule has 1 aromatic heterocycles. The lowest BCUT2D eigenvalue weighted by atomic mass is 10.1. The maximum atomic E-state index is 13.1. The van der Waals surface area contributed by atoms with E-state index in [0.29, 0.717) is 23.7 Å². The van der Waals surface area contributed by atoms with Crippen molar-refractivity contribution in [3.05, 3.63) is 40.4 Å². The summed E-state index contributed by atoms with van der Waals surface area (Å²) >= 11 is 1.32. The lowest BCUT2D eigenvalue weighted by Crippen LogP contribution is -2.08. The number of anilines is 2. The lowest BCUT2D eigenvalue weighted by Gasteiger charge is -2.04. The number of aromatic nitrogens is 1. The Balaban J connectivity index is 1.86. The summed E-state index contributed by atoms with van der Waals surface area (Å²) in [5.74, 6) is -2.83. The highest BCUT2D eigenvalue weighted by Gasteiger charge is 2.32. The number of thiazole rings is 1. The van der Waals surface area contributed by atoms with Crippen LogP contribution in [0, 0.1) is 11.6 Å². The Kier molecular flexibility index (Phi) is 3.13. The molecule has 0 aliphatic heterocycles. The first-order valence-corrected chi connectivity index (χ1v) is 6.80. The van der Waals surface area contributed by atoms with Crippen LogP contribution in [0.2, 0.25) is 0 Å². The highest BCUT2D eigenvalue weighted by molar-refractivity contribution is 7.15. The van der Waals surface area contributed by atoms with Gasteiger partial charge in [-0.3, -0.25) is 4.79 Å². The van der Waals surface area contributed by atoms with Gasteiger partial charge in [0.1, 0.15) is 17.6 Å². The Morgan fingerprint density at radius 2 is 2.05 bits per heavy atom. The molecule has 0 fully saturated rings. The van der Waals surface area contributed by atoms with Gasteiger partial charge < -0.3 is 10.4 Å². The van der Waals surface area contributed by atoms with Crippen molar-refractivity contribution in [2.45, 2.75) is 18.8 Å². The minimum Gasteiger partial charge on any atom is -0.481 e. The number of nitrogens with zero attached hydrogens (tertiary/aromatic N) is 1. The van der Waals surface area contributed by atoms with Crippen molar-refractivity contribution in [1.82, 2.24) is 4.98 Å². The Morgan fingerprint density at radius 1 is 1.35 bits per heavy atom. The van der Waals surface area contributed by atoms with Gasteiger partial charge in [0.05, 0.1) is 5.69 Å². The molecule has 0 radical (unpaired) electrons. The predicted octanol–water partition coefficient (Wildman–Crippen LogP) is 3.28. The van der Waals surface area contributed by atoms with Crippen molar-refractivity contribution < 1.29 is 18.7 Å². The quantitative estimate of drug-likeness (QED) is 0.912. The third-order valence-electron chi connectivity index (χ3n) is 3.13. The number of carbonyl (C=O) groups is 1. The molecule has 0 saturated heterocycles. The summed E-state index contributed by atoms with van der Waals surface area (Å²) in [5, 5.41) is 12.3. The molecule has 1 aromatic carbocycles. The van der Waals surface area contributed by atoms with Gasteiger partial charge in [-0.1, -0.05) is 0 Å². The molecule has 1 heterocycles. The largest absolute Gasteiger partial charge is 0.481 e. The zero-order chi connectivity index (χ0) is 14.3. The van der Waals surface area contributed by atoms with Gasteiger partial charge in [-0.25, -0.2) is 13.8 Å². The SMILES string of the molecule is O=C(O)C1CCc2sc(Nc3cc(F)cc(F)c3)nc21. The van der Waals surface area contributed by atoms with Gasteiger partial charge in [-0.15, -0.1) is 11.3 Å². The van der Waals surface area contributed by atoms with Crippen LogP contribution in [0.5, 0.6) is 0 Å². The van der Waals surface area contributed by atoms with Crippen LogP contribution in [-0.2, 0) is 11.2 Å². The molecule has 7 heteroatoms. The fourth-order valence-corrected chi connectivity index (χ4v) is 3.33. The predicted molar refractivity (Wildman–Crippen MR) is 70.5 cm³/mol. The van der Waals surface area contributed by atoms with Gasteiger partial charge in [0.25, 0.3) is 0 Å². The molecule has 0 bridgehead atoms. The zero-order valence-electron chi connectivity index (χ0n) is 10.2. The van der Waals surface area contributed by atoms with E-state index in [9.17, 15) is 13.6 Å². The summed E-state index contributed by atoms with van der Waals surface area (Å²) in [4.78, 5) is 16.2. The summed E-state index contributed by atoms with van der Waals surface area (Å²) in [7, 11) is 0. The number of halogens is 2. The fourth-order valence-electron chi connectivity index (χ4n) is 2.27. The van der Waals surface area contributed by atoms with Gasteiger partial charge in [-0.2, -0.15) is 0 Å². The molecule has 4 nitrogen and oxygen atoms in total. The van der Waals surface area contributed by atoms with Crippen LogP contribution in [0.25, 0.3) is 0 Å². The third-order valence-corrected chi connectivity index (χ3v) is 4.18. The van der Waals surface area contributed by atoms with Crippen LogP contribution in [0.15, 0.2) is 18.2 Å². The van der Waals surface area contributed by atoms with Crippen LogP contribution < -0.4 is 5.32 Å². The second kappa shape index (κ2) is 4.82. The monoisotopic (exact) mass is 296 g/mol. The molecule has 1 aliphatic rings. The highest BCUT2D eigenvalue weighted by atomic mass is 32.1. The van der Waals surface area contributed by atoms with Gasteiger partial charge in [0, 0.05) is 16.6 Å². The number of hydrogen-bond acceptors (Lipinski definition) is 4. The Bertz CT molecular complexity index is 667. The maximum absolute atomic E-state index is 13.1. The van der Waals surface area contributed by atoms with E-state index < -0.39 is 23.5 Å². The molecule has 1 aliphatic carbocycles. The smallest absolute Gasteiger partial charge is 0.312 e.